The van der Waals surface area contributed by atoms with E-state index in [4.69, 9.17) is 0 Å². The molecular weight excluding hydrogens is 368 g/mol. The maximum Gasteiger partial charge on any atom is 0.203 e. The average molecular weight is 376 g/mol. The Hall–Kier alpha value is -0.530. The molecule has 1 saturated carbocycles. The number of nitrogens with zero attached hydrogens (tertiary/aromatic N) is 3. The first-order valence-corrected chi connectivity index (χ1v) is 7.50. The first kappa shape index (κ1) is 11.6. The highest BCUT2D eigenvalue weighted by Gasteiger charge is 2.22. The van der Waals surface area contributed by atoms with E-state index in [2.05, 4.69) is 51.5 Å². The number of hydrogen-bond acceptors (Lipinski definition) is 5. The van der Waals surface area contributed by atoms with Crippen molar-refractivity contribution < 1.29 is 0 Å². The molecule has 2 heterocycles. The second-order valence-electron chi connectivity index (χ2n) is 3.83. The van der Waals surface area contributed by atoms with Crippen LogP contribution in [0.15, 0.2) is 21.2 Å². The van der Waals surface area contributed by atoms with E-state index in [0.29, 0.717) is 11.9 Å². The van der Waals surface area contributed by atoms with Crippen molar-refractivity contribution in [1.29, 1.82) is 0 Å². The second kappa shape index (κ2) is 4.62. The summed E-state index contributed by atoms with van der Waals surface area (Å²) in [6.07, 6.45) is 4.21. The van der Waals surface area contributed by atoms with Crippen LogP contribution in [0, 0.1) is 0 Å². The fraction of sp³-hybridized carbons (Fsp3) is 0.300. The van der Waals surface area contributed by atoms with Gasteiger partial charge in [0.05, 0.1) is 0 Å². The predicted octanol–water partition coefficient (Wildman–Crippen LogP) is 3.70. The number of nitrogens with one attached hydrogen (secondary N) is 1. The zero-order chi connectivity index (χ0) is 11.8. The van der Waals surface area contributed by atoms with Gasteiger partial charge in [0.15, 0.2) is 5.82 Å². The molecule has 7 heteroatoms. The molecule has 1 aliphatic rings. The Morgan fingerprint density at radius 1 is 1.35 bits per heavy atom. The van der Waals surface area contributed by atoms with E-state index in [1.807, 2.05) is 6.07 Å². The maximum atomic E-state index is 4.44. The van der Waals surface area contributed by atoms with Crippen LogP contribution in [0.4, 0.5) is 5.13 Å². The van der Waals surface area contributed by atoms with Crippen molar-refractivity contribution in [3.63, 3.8) is 0 Å². The maximum absolute atomic E-state index is 4.44. The molecular formula is C10H8Br2N4S. The molecule has 0 unspecified atom stereocenters. The normalized spacial score (nSPS) is 14.9. The van der Waals surface area contributed by atoms with Gasteiger partial charge >= 0.3 is 0 Å². The third-order valence-electron chi connectivity index (χ3n) is 2.35. The summed E-state index contributed by atoms with van der Waals surface area (Å²) in [5, 5.41) is 4.20. The lowest BCUT2D eigenvalue weighted by Crippen LogP contribution is -1.99. The van der Waals surface area contributed by atoms with Crippen molar-refractivity contribution in [2.75, 3.05) is 5.32 Å². The van der Waals surface area contributed by atoms with Crippen LogP contribution < -0.4 is 5.32 Å². The van der Waals surface area contributed by atoms with Gasteiger partial charge in [-0.2, -0.15) is 9.36 Å². The largest absolute Gasteiger partial charge is 0.358 e. The quantitative estimate of drug-likeness (QED) is 0.888. The molecule has 2 aromatic rings. The lowest BCUT2D eigenvalue weighted by molar-refractivity contribution is 1.13. The molecule has 0 saturated heterocycles. The molecule has 4 nitrogen and oxygen atoms in total. The number of aromatic nitrogens is 3. The molecule has 0 bridgehead atoms. The van der Waals surface area contributed by atoms with Gasteiger partial charge in [0.25, 0.3) is 0 Å². The SMILES string of the molecule is Brc1cnc(-c2nsc(NC3CC3)n2)c(Br)c1. The van der Waals surface area contributed by atoms with E-state index in [1.165, 1.54) is 24.4 Å². The van der Waals surface area contributed by atoms with E-state index < -0.39 is 0 Å². The molecule has 0 radical (unpaired) electrons. The zero-order valence-corrected chi connectivity index (χ0v) is 12.6. The van der Waals surface area contributed by atoms with Crippen molar-refractivity contribution in [1.82, 2.24) is 14.3 Å². The van der Waals surface area contributed by atoms with Crippen molar-refractivity contribution in [2.24, 2.45) is 0 Å². The van der Waals surface area contributed by atoms with Gasteiger partial charge in [0, 0.05) is 32.7 Å². The Labute approximate surface area is 119 Å². The minimum atomic E-state index is 0.595. The van der Waals surface area contributed by atoms with Crippen LogP contribution in [0.5, 0.6) is 0 Å². The Kier molecular flexibility index (Phi) is 3.14. The van der Waals surface area contributed by atoms with Crippen molar-refractivity contribution >= 4 is 48.5 Å². The minimum absolute atomic E-state index is 0.595. The number of pyridine rings is 1. The Bertz CT molecular complexity index is 553. The average Bonchev–Trinajstić information content (AvgIpc) is 2.96. The van der Waals surface area contributed by atoms with Crippen LogP contribution in [0.25, 0.3) is 11.5 Å². The van der Waals surface area contributed by atoms with E-state index in [1.54, 1.807) is 6.20 Å². The summed E-state index contributed by atoms with van der Waals surface area (Å²) in [4.78, 5) is 8.76. The molecule has 3 rings (SSSR count). The van der Waals surface area contributed by atoms with Gasteiger partial charge in [-0.1, -0.05) is 0 Å². The predicted molar refractivity (Wildman–Crippen MR) is 75.2 cm³/mol. The highest BCUT2D eigenvalue weighted by molar-refractivity contribution is 9.11. The first-order chi connectivity index (χ1) is 8.22. The van der Waals surface area contributed by atoms with Gasteiger partial charge in [0.2, 0.25) is 5.13 Å². The second-order valence-corrected chi connectivity index (χ2v) is 6.35. The van der Waals surface area contributed by atoms with Crippen molar-refractivity contribution in [3.05, 3.63) is 21.2 Å². The summed E-state index contributed by atoms with van der Waals surface area (Å²) in [6.45, 7) is 0. The van der Waals surface area contributed by atoms with Gasteiger partial charge in [-0.3, -0.25) is 4.98 Å². The monoisotopic (exact) mass is 374 g/mol. The molecule has 0 spiro atoms. The molecule has 2 aromatic heterocycles. The molecule has 1 fully saturated rings. The summed E-state index contributed by atoms with van der Waals surface area (Å²) in [6, 6.07) is 2.54. The van der Waals surface area contributed by atoms with Gasteiger partial charge < -0.3 is 5.32 Å². The molecule has 0 amide bonds. The smallest absolute Gasteiger partial charge is 0.203 e. The summed E-state index contributed by atoms with van der Waals surface area (Å²) >= 11 is 8.22. The van der Waals surface area contributed by atoms with Crippen LogP contribution in [-0.2, 0) is 0 Å². The van der Waals surface area contributed by atoms with Crippen molar-refractivity contribution in [2.45, 2.75) is 18.9 Å². The minimum Gasteiger partial charge on any atom is -0.358 e. The van der Waals surface area contributed by atoms with Crippen LogP contribution >= 0.6 is 43.4 Å². The lowest BCUT2D eigenvalue weighted by atomic mass is 10.3. The Balaban J connectivity index is 1.89. The summed E-state index contributed by atoms with van der Waals surface area (Å²) < 4.78 is 6.14. The fourth-order valence-corrected chi connectivity index (χ4v) is 3.17. The zero-order valence-electron chi connectivity index (χ0n) is 8.65. The van der Waals surface area contributed by atoms with Gasteiger partial charge in [-0.25, -0.2) is 0 Å². The first-order valence-electron chi connectivity index (χ1n) is 5.14. The van der Waals surface area contributed by atoms with E-state index >= 15 is 0 Å². The topological polar surface area (TPSA) is 50.7 Å². The van der Waals surface area contributed by atoms with Crippen molar-refractivity contribution in [3.8, 4) is 11.5 Å². The molecule has 0 aliphatic heterocycles. The number of rotatable bonds is 3. The van der Waals surface area contributed by atoms with Gasteiger partial charge in [-0.05, 0) is 50.8 Å². The van der Waals surface area contributed by atoms with Crippen LogP contribution in [-0.4, -0.2) is 20.4 Å². The summed E-state index contributed by atoms with van der Waals surface area (Å²) in [5.74, 6) is 0.664. The van der Waals surface area contributed by atoms with Crippen LogP contribution in [0.2, 0.25) is 0 Å². The molecule has 1 aliphatic carbocycles. The standard InChI is InChI=1S/C10H8Br2N4S/c11-5-3-7(12)8(13-4-5)9-15-10(17-16-9)14-6-1-2-6/h3-4,6H,1-2H2,(H,14,15,16). The summed E-state index contributed by atoms with van der Waals surface area (Å²) in [7, 11) is 0. The van der Waals surface area contributed by atoms with E-state index in [-0.39, 0.29) is 0 Å². The molecule has 88 valence electrons. The highest BCUT2D eigenvalue weighted by Crippen LogP contribution is 2.30. The van der Waals surface area contributed by atoms with Crippen LogP contribution in [0.1, 0.15) is 12.8 Å². The third kappa shape index (κ3) is 2.66. The summed E-state index contributed by atoms with van der Waals surface area (Å²) in [5.41, 5.74) is 0.772. The number of anilines is 1. The third-order valence-corrected chi connectivity index (χ3v) is 4.04. The molecule has 0 atom stereocenters. The number of halogens is 2. The number of hydrogen-bond donors (Lipinski definition) is 1. The molecule has 17 heavy (non-hydrogen) atoms. The highest BCUT2D eigenvalue weighted by atomic mass is 79.9. The van der Waals surface area contributed by atoms with Crippen LogP contribution in [0.3, 0.4) is 0 Å². The molecule has 1 N–H and O–H groups in total. The van der Waals surface area contributed by atoms with Gasteiger partial charge in [0.1, 0.15) is 5.69 Å². The lowest BCUT2D eigenvalue weighted by Gasteiger charge is -1.99. The van der Waals surface area contributed by atoms with E-state index in [0.717, 1.165) is 19.8 Å². The Morgan fingerprint density at radius 3 is 2.88 bits per heavy atom. The van der Waals surface area contributed by atoms with Gasteiger partial charge in [-0.15, -0.1) is 0 Å². The van der Waals surface area contributed by atoms with E-state index in [9.17, 15) is 0 Å². The fourth-order valence-electron chi connectivity index (χ4n) is 1.36. The Morgan fingerprint density at radius 2 is 2.18 bits per heavy atom. The molecule has 0 aromatic carbocycles.